The number of nitrogens with one attached hydrogen (secondary N) is 1. The van der Waals surface area contributed by atoms with E-state index in [0.29, 0.717) is 31.4 Å². The third kappa shape index (κ3) is 20.3. The number of methoxy groups -OCH3 is 1. The van der Waals surface area contributed by atoms with Gasteiger partial charge in [-0.1, -0.05) is 49.4 Å². The van der Waals surface area contributed by atoms with Crippen LogP contribution in [0.15, 0.2) is 78.9 Å². The molecule has 3 aromatic rings. The molecular weight excluding hydrogens is 564 g/mol. The predicted octanol–water partition coefficient (Wildman–Crippen LogP) is 3.89. The second kappa shape index (κ2) is 25.0. The SMILES string of the molecule is CCCC(=O)Nc1ccc(C=O)cc1.COc1ccc(CC(=O)O)cc1.NCCCC(N)C(=O)O.NCCc1ccccc1. The minimum atomic E-state index is -0.955. The van der Waals surface area contributed by atoms with E-state index < -0.39 is 18.0 Å². The maximum absolute atomic E-state index is 11.2. The van der Waals surface area contributed by atoms with E-state index >= 15 is 0 Å². The maximum atomic E-state index is 11.2. The zero-order valence-electron chi connectivity index (χ0n) is 25.5. The van der Waals surface area contributed by atoms with Crippen molar-refractivity contribution < 1.29 is 34.1 Å². The lowest BCUT2D eigenvalue weighted by Gasteiger charge is -2.03. The Morgan fingerprint density at radius 3 is 1.95 bits per heavy atom. The number of amides is 1. The first-order valence-corrected chi connectivity index (χ1v) is 14.2. The third-order valence-electron chi connectivity index (χ3n) is 5.63. The molecule has 3 aromatic carbocycles. The smallest absolute Gasteiger partial charge is 0.320 e. The largest absolute Gasteiger partial charge is 0.497 e. The van der Waals surface area contributed by atoms with Gasteiger partial charge in [-0.05, 0) is 86.3 Å². The van der Waals surface area contributed by atoms with Crippen molar-refractivity contribution >= 4 is 29.8 Å². The molecule has 11 nitrogen and oxygen atoms in total. The van der Waals surface area contributed by atoms with Crippen LogP contribution in [-0.4, -0.2) is 60.6 Å². The summed E-state index contributed by atoms with van der Waals surface area (Å²) in [4.78, 5) is 41.9. The molecule has 0 saturated heterocycles. The van der Waals surface area contributed by atoms with Crippen molar-refractivity contribution in [1.82, 2.24) is 0 Å². The van der Waals surface area contributed by atoms with Crippen LogP contribution in [0.3, 0.4) is 0 Å². The van der Waals surface area contributed by atoms with Gasteiger partial charge in [0.2, 0.25) is 5.91 Å². The van der Waals surface area contributed by atoms with E-state index in [9.17, 15) is 19.2 Å². The zero-order chi connectivity index (χ0) is 33.2. The molecule has 3 rings (SSSR count). The van der Waals surface area contributed by atoms with Crippen molar-refractivity contribution in [2.45, 2.75) is 51.5 Å². The average molecular weight is 611 g/mol. The van der Waals surface area contributed by atoms with Crippen LogP contribution < -0.4 is 27.3 Å². The number of benzene rings is 3. The maximum Gasteiger partial charge on any atom is 0.320 e. The van der Waals surface area contributed by atoms with Crippen molar-refractivity contribution in [3.8, 4) is 5.75 Å². The number of carbonyl (C=O) groups is 4. The van der Waals surface area contributed by atoms with Crippen LogP contribution in [0.25, 0.3) is 0 Å². The molecule has 0 bridgehead atoms. The molecule has 1 amide bonds. The van der Waals surface area contributed by atoms with E-state index in [-0.39, 0.29) is 12.3 Å². The van der Waals surface area contributed by atoms with Crippen LogP contribution in [-0.2, 0) is 27.2 Å². The molecule has 1 atom stereocenters. The molecule has 44 heavy (non-hydrogen) atoms. The Hall–Kier alpha value is -4.58. The van der Waals surface area contributed by atoms with Gasteiger partial charge in [-0.2, -0.15) is 0 Å². The zero-order valence-corrected chi connectivity index (χ0v) is 25.5. The van der Waals surface area contributed by atoms with Gasteiger partial charge in [0.25, 0.3) is 0 Å². The van der Waals surface area contributed by atoms with Crippen molar-refractivity contribution in [2.24, 2.45) is 17.2 Å². The molecule has 11 heteroatoms. The Bertz CT molecular complexity index is 1210. The van der Waals surface area contributed by atoms with Gasteiger partial charge >= 0.3 is 11.9 Å². The number of aldehydes is 1. The highest BCUT2D eigenvalue weighted by atomic mass is 16.5. The highest BCUT2D eigenvalue weighted by Crippen LogP contribution is 2.11. The van der Waals surface area contributed by atoms with E-state index in [1.807, 2.05) is 25.1 Å². The van der Waals surface area contributed by atoms with Crippen molar-refractivity contribution in [3.05, 3.63) is 95.6 Å². The lowest BCUT2D eigenvalue weighted by Crippen LogP contribution is -2.30. The number of rotatable bonds is 13. The summed E-state index contributed by atoms with van der Waals surface area (Å²) in [7, 11) is 1.58. The normalized spacial score (nSPS) is 10.2. The first-order chi connectivity index (χ1) is 21.1. The number of carbonyl (C=O) groups excluding carboxylic acids is 2. The van der Waals surface area contributed by atoms with Gasteiger partial charge in [0.1, 0.15) is 18.1 Å². The number of ether oxygens (including phenoxy) is 1. The Kier molecular flexibility index (Phi) is 22.4. The van der Waals surface area contributed by atoms with Crippen LogP contribution in [0.1, 0.15) is 54.1 Å². The summed E-state index contributed by atoms with van der Waals surface area (Å²) in [5.41, 5.74) is 19.1. The highest BCUT2D eigenvalue weighted by molar-refractivity contribution is 5.91. The fraction of sp³-hybridized carbons (Fsp3) is 0.333. The van der Waals surface area contributed by atoms with Crippen molar-refractivity contribution in [3.63, 3.8) is 0 Å². The van der Waals surface area contributed by atoms with Crippen LogP contribution in [0, 0.1) is 0 Å². The van der Waals surface area contributed by atoms with Gasteiger partial charge in [-0.25, -0.2) is 0 Å². The molecule has 0 aliphatic carbocycles. The fourth-order valence-corrected chi connectivity index (χ4v) is 3.29. The first-order valence-electron chi connectivity index (χ1n) is 14.2. The van der Waals surface area contributed by atoms with Gasteiger partial charge in [-0.15, -0.1) is 0 Å². The Morgan fingerprint density at radius 2 is 1.50 bits per heavy atom. The predicted molar refractivity (Wildman–Crippen MR) is 173 cm³/mol. The Labute approximate surface area is 259 Å². The van der Waals surface area contributed by atoms with E-state index in [0.717, 1.165) is 42.7 Å². The Morgan fingerprint density at radius 1 is 0.886 bits per heavy atom. The third-order valence-corrected chi connectivity index (χ3v) is 5.63. The monoisotopic (exact) mass is 610 g/mol. The molecule has 0 aliphatic rings. The molecule has 9 N–H and O–H groups in total. The molecule has 0 spiro atoms. The molecule has 0 aliphatic heterocycles. The average Bonchev–Trinajstić information content (AvgIpc) is 3.02. The molecule has 1 unspecified atom stereocenters. The highest BCUT2D eigenvalue weighted by Gasteiger charge is 2.08. The molecule has 240 valence electrons. The lowest BCUT2D eigenvalue weighted by molar-refractivity contribution is -0.139. The number of carboxylic acid groups (broad SMARTS) is 2. The van der Waals surface area contributed by atoms with Crippen molar-refractivity contribution in [2.75, 3.05) is 25.5 Å². The Balaban J connectivity index is 0.000000571. The number of anilines is 1. The van der Waals surface area contributed by atoms with Gasteiger partial charge in [-0.3, -0.25) is 19.2 Å². The number of carboxylic acids is 2. The quantitative estimate of drug-likeness (QED) is 0.154. The van der Waals surface area contributed by atoms with Gasteiger partial charge in [0, 0.05) is 17.7 Å². The minimum Gasteiger partial charge on any atom is -0.497 e. The fourth-order valence-electron chi connectivity index (χ4n) is 3.29. The number of nitrogens with two attached hydrogens (primary N) is 3. The standard InChI is InChI=1S/C11H13NO2.C9H10O3.C8H11N.C5H12N2O2/c1-2-3-11(14)12-10-6-4-9(8-13)5-7-10;1-12-8-4-2-7(3-5-8)6-9(10)11;9-7-6-8-4-2-1-3-5-8;6-3-1-2-4(7)5(8)9/h4-8H,2-3H2,1H3,(H,12,14);2-5H,6H2,1H3,(H,10,11);1-5H,6-7,9H2;4H,1-3,6-7H2,(H,8,9). The number of hydrogen-bond acceptors (Lipinski definition) is 8. The topological polar surface area (TPSA) is 208 Å². The van der Waals surface area contributed by atoms with E-state index in [1.165, 1.54) is 5.56 Å². The molecule has 0 aromatic heterocycles. The second-order valence-corrected chi connectivity index (χ2v) is 9.36. The van der Waals surface area contributed by atoms with Gasteiger partial charge in [0.15, 0.2) is 0 Å². The summed E-state index contributed by atoms with van der Waals surface area (Å²) in [6.45, 7) is 3.19. The second-order valence-electron chi connectivity index (χ2n) is 9.36. The molecule has 0 fully saturated rings. The van der Waals surface area contributed by atoms with Crippen molar-refractivity contribution in [1.29, 1.82) is 0 Å². The van der Waals surface area contributed by atoms with E-state index in [2.05, 4.69) is 17.4 Å². The van der Waals surface area contributed by atoms with E-state index in [1.54, 1.807) is 55.6 Å². The number of aliphatic carboxylic acids is 2. The molecule has 0 radical (unpaired) electrons. The lowest BCUT2D eigenvalue weighted by atomic mass is 10.1. The number of hydrogen-bond donors (Lipinski definition) is 6. The van der Waals surface area contributed by atoms with Crippen LogP contribution in [0.2, 0.25) is 0 Å². The van der Waals surface area contributed by atoms with Crippen LogP contribution in [0.4, 0.5) is 5.69 Å². The summed E-state index contributed by atoms with van der Waals surface area (Å²) in [5, 5.41) is 19.4. The summed E-state index contributed by atoms with van der Waals surface area (Å²) < 4.78 is 4.93. The summed E-state index contributed by atoms with van der Waals surface area (Å²) in [5.74, 6) is -1.03. The minimum absolute atomic E-state index is 0.00588. The summed E-state index contributed by atoms with van der Waals surface area (Å²) >= 11 is 0. The van der Waals surface area contributed by atoms with Gasteiger partial charge < -0.3 is 37.5 Å². The molecular formula is C33H46N4O7. The van der Waals surface area contributed by atoms with Gasteiger partial charge in [0.05, 0.1) is 13.5 Å². The molecule has 0 saturated carbocycles. The summed E-state index contributed by atoms with van der Waals surface area (Å²) in [6.07, 6.45) is 4.31. The molecule has 0 heterocycles. The van der Waals surface area contributed by atoms with Crippen LogP contribution in [0.5, 0.6) is 5.75 Å². The van der Waals surface area contributed by atoms with E-state index in [4.69, 9.17) is 32.2 Å². The first kappa shape index (κ1) is 39.4. The van der Waals surface area contributed by atoms with Crippen LogP contribution >= 0.6 is 0 Å². The summed E-state index contributed by atoms with van der Waals surface area (Å²) in [6, 6.07) is 23.3.